The number of fused-ring (bicyclic) bond motifs is 1. The van der Waals surface area contributed by atoms with E-state index < -0.39 is 20.7 Å². The fraction of sp³-hybridized carbons (Fsp3) is 0.381. The van der Waals surface area contributed by atoms with E-state index in [1.807, 2.05) is 32.0 Å². The summed E-state index contributed by atoms with van der Waals surface area (Å²) in [6.45, 7) is 4.09. The topological polar surface area (TPSA) is 84.9 Å². The molecule has 7 nitrogen and oxygen atoms in total. The van der Waals surface area contributed by atoms with Crippen molar-refractivity contribution in [1.82, 2.24) is 0 Å². The first-order valence-corrected chi connectivity index (χ1v) is 10.8. The molecule has 2 aromatic carbocycles. The van der Waals surface area contributed by atoms with E-state index in [4.69, 9.17) is 9.47 Å². The molecule has 1 heterocycles. The molecule has 1 N–H and O–H groups in total. The molecule has 154 valence electrons. The predicted molar refractivity (Wildman–Crippen MR) is 111 cm³/mol. The second kappa shape index (κ2) is 6.66. The van der Waals surface area contributed by atoms with Gasteiger partial charge in [-0.1, -0.05) is 18.2 Å². The van der Waals surface area contributed by atoms with Crippen LogP contribution < -0.4 is 19.1 Å². The van der Waals surface area contributed by atoms with Gasteiger partial charge in [0.2, 0.25) is 15.9 Å². The summed E-state index contributed by atoms with van der Waals surface area (Å²) in [4.78, 5) is 13.2. The molecular formula is C21H24N2O5S. The van der Waals surface area contributed by atoms with E-state index in [-0.39, 0.29) is 5.92 Å². The quantitative estimate of drug-likeness (QED) is 0.810. The van der Waals surface area contributed by atoms with Crippen LogP contribution in [0.1, 0.15) is 17.5 Å². The summed E-state index contributed by atoms with van der Waals surface area (Å²) < 4.78 is 37.4. The number of hydrogen-bond acceptors (Lipinski definition) is 5. The van der Waals surface area contributed by atoms with Crippen LogP contribution in [0.4, 0.5) is 11.4 Å². The highest BCUT2D eigenvalue weighted by atomic mass is 32.2. The smallest absolute Gasteiger partial charge is 0.250 e. The van der Waals surface area contributed by atoms with Crippen LogP contribution in [0.25, 0.3) is 0 Å². The third-order valence-electron chi connectivity index (χ3n) is 5.92. The summed E-state index contributed by atoms with van der Waals surface area (Å²) in [5, 5.41) is 2.77. The largest absolute Gasteiger partial charge is 0.497 e. The fourth-order valence-electron chi connectivity index (χ4n) is 4.27. The van der Waals surface area contributed by atoms with Crippen molar-refractivity contribution in [3.05, 3.63) is 47.5 Å². The number of para-hydroxylation sites is 1. The van der Waals surface area contributed by atoms with Gasteiger partial charge >= 0.3 is 0 Å². The van der Waals surface area contributed by atoms with Gasteiger partial charge < -0.3 is 14.8 Å². The summed E-state index contributed by atoms with van der Waals surface area (Å²) in [6.07, 6.45) is 0.334. The van der Waals surface area contributed by atoms with E-state index >= 15 is 0 Å². The van der Waals surface area contributed by atoms with E-state index in [1.165, 1.54) is 18.5 Å². The van der Waals surface area contributed by atoms with Crippen LogP contribution in [-0.4, -0.2) is 39.8 Å². The lowest BCUT2D eigenvalue weighted by molar-refractivity contribution is -0.116. The van der Waals surface area contributed by atoms with Gasteiger partial charge in [0.05, 0.1) is 25.6 Å². The van der Waals surface area contributed by atoms with Gasteiger partial charge in [-0.3, -0.25) is 9.10 Å². The number of anilines is 2. The molecule has 0 bridgehead atoms. The first-order valence-electron chi connectivity index (χ1n) is 9.38. The van der Waals surface area contributed by atoms with Crippen LogP contribution >= 0.6 is 0 Å². The lowest BCUT2D eigenvalue weighted by atomic mass is 10.1. The number of methoxy groups -OCH3 is 2. The highest BCUT2D eigenvalue weighted by Gasteiger charge is 2.76. The number of ether oxygens (including phenoxy) is 2. The number of nitrogens with one attached hydrogen (secondary N) is 1. The number of rotatable bonds is 5. The molecule has 4 rings (SSSR count). The Hall–Kier alpha value is -2.74. The van der Waals surface area contributed by atoms with Crippen LogP contribution in [-0.2, 0) is 14.8 Å². The molecule has 1 aliphatic carbocycles. The van der Waals surface area contributed by atoms with E-state index in [2.05, 4.69) is 5.32 Å². The normalized spacial score (nSPS) is 24.0. The Morgan fingerprint density at radius 2 is 1.83 bits per heavy atom. The van der Waals surface area contributed by atoms with Crippen molar-refractivity contribution < 1.29 is 22.7 Å². The molecule has 29 heavy (non-hydrogen) atoms. The number of aryl methyl sites for hydroxylation is 2. The van der Waals surface area contributed by atoms with Crippen LogP contribution in [0.2, 0.25) is 0 Å². The molecule has 0 aromatic heterocycles. The minimum Gasteiger partial charge on any atom is -0.497 e. The average molecular weight is 416 g/mol. The van der Waals surface area contributed by atoms with Crippen LogP contribution in [0.15, 0.2) is 36.4 Å². The summed E-state index contributed by atoms with van der Waals surface area (Å²) in [6, 6.07) is 10.6. The van der Waals surface area contributed by atoms with Crippen molar-refractivity contribution in [3.8, 4) is 11.5 Å². The van der Waals surface area contributed by atoms with Gasteiger partial charge in [-0.15, -0.1) is 0 Å². The van der Waals surface area contributed by atoms with Gasteiger partial charge in [0, 0.05) is 18.5 Å². The minimum absolute atomic E-state index is 0.226. The van der Waals surface area contributed by atoms with Crippen molar-refractivity contribution in [2.24, 2.45) is 5.92 Å². The lowest BCUT2D eigenvalue weighted by Crippen LogP contribution is -2.42. The zero-order chi connectivity index (χ0) is 21.0. The van der Waals surface area contributed by atoms with Crippen molar-refractivity contribution in [1.29, 1.82) is 0 Å². The maximum atomic E-state index is 13.5. The molecule has 0 spiro atoms. The number of sulfonamides is 1. The van der Waals surface area contributed by atoms with Crippen LogP contribution in [0.5, 0.6) is 11.5 Å². The van der Waals surface area contributed by atoms with E-state index in [1.54, 1.807) is 18.2 Å². The van der Waals surface area contributed by atoms with Gasteiger partial charge in [-0.05, 0) is 43.5 Å². The summed E-state index contributed by atoms with van der Waals surface area (Å²) >= 11 is 0. The number of nitrogens with zero attached hydrogens (tertiary/aromatic N) is 1. The van der Waals surface area contributed by atoms with E-state index in [9.17, 15) is 13.2 Å². The Bertz CT molecular complexity index is 1080. The third kappa shape index (κ3) is 2.77. The summed E-state index contributed by atoms with van der Waals surface area (Å²) in [7, 11) is -0.828. The second-order valence-corrected chi connectivity index (χ2v) is 9.71. The molecule has 8 heteroatoms. The predicted octanol–water partition coefficient (Wildman–Crippen LogP) is 2.87. The van der Waals surface area contributed by atoms with Crippen molar-refractivity contribution in [2.75, 3.05) is 30.4 Å². The monoisotopic (exact) mass is 416 g/mol. The van der Waals surface area contributed by atoms with Crippen molar-refractivity contribution in [2.45, 2.75) is 25.0 Å². The SMILES string of the molecule is COc1ccc(NC(=O)[C@@]23C[C@H]2CN(c2c(C)cccc2C)S3(=O)=O)c(OC)c1. The second-order valence-electron chi connectivity index (χ2n) is 7.59. The molecule has 2 fully saturated rings. The van der Waals surface area contributed by atoms with Gasteiger partial charge in [0.15, 0.2) is 4.75 Å². The maximum Gasteiger partial charge on any atom is 0.250 e. The molecule has 0 radical (unpaired) electrons. The molecule has 2 atom stereocenters. The molecule has 1 aliphatic heterocycles. The number of benzene rings is 2. The van der Waals surface area contributed by atoms with E-state index in [0.29, 0.717) is 35.8 Å². The molecule has 0 unspecified atom stereocenters. The Balaban J connectivity index is 1.66. The summed E-state index contributed by atoms with van der Waals surface area (Å²) in [5.74, 6) is 0.251. The Kier molecular flexibility index (Phi) is 4.49. The summed E-state index contributed by atoms with van der Waals surface area (Å²) in [5.41, 5.74) is 2.84. The molecule has 1 saturated heterocycles. The zero-order valence-corrected chi connectivity index (χ0v) is 17.7. The third-order valence-corrected chi connectivity index (χ3v) is 8.43. The Morgan fingerprint density at radius 1 is 1.14 bits per heavy atom. The maximum absolute atomic E-state index is 13.5. The van der Waals surface area contributed by atoms with Crippen molar-refractivity contribution in [3.63, 3.8) is 0 Å². The molecular weight excluding hydrogens is 392 g/mol. The van der Waals surface area contributed by atoms with Crippen LogP contribution in [0, 0.1) is 19.8 Å². The van der Waals surface area contributed by atoms with Gasteiger partial charge in [-0.25, -0.2) is 8.42 Å². The molecule has 2 aromatic rings. The van der Waals surface area contributed by atoms with Gasteiger partial charge in [0.1, 0.15) is 11.5 Å². The van der Waals surface area contributed by atoms with Gasteiger partial charge in [0.25, 0.3) is 0 Å². The Labute approximate surface area is 170 Å². The zero-order valence-electron chi connectivity index (χ0n) is 16.9. The van der Waals surface area contributed by atoms with Crippen LogP contribution in [0.3, 0.4) is 0 Å². The first kappa shape index (κ1) is 19.6. The molecule has 2 aliphatic rings. The number of hydrogen-bond donors (Lipinski definition) is 1. The minimum atomic E-state index is -3.85. The fourth-order valence-corrected chi connectivity index (χ4v) is 6.76. The first-order chi connectivity index (χ1) is 13.8. The number of carbonyl (C=O) groups excluding carboxylic acids is 1. The van der Waals surface area contributed by atoms with Crippen molar-refractivity contribution >= 4 is 27.3 Å². The molecule has 1 amide bonds. The highest BCUT2D eigenvalue weighted by Crippen LogP contribution is 2.59. The van der Waals surface area contributed by atoms with E-state index in [0.717, 1.165) is 11.1 Å². The lowest BCUT2D eigenvalue weighted by Gasteiger charge is -2.26. The van der Waals surface area contributed by atoms with Gasteiger partial charge in [-0.2, -0.15) is 0 Å². The average Bonchev–Trinajstić information content (AvgIpc) is 3.38. The standard InChI is InChI=1S/C21H24N2O5S/c1-13-6-5-7-14(2)19(13)23-12-15-11-21(15,29(23,25)26)20(24)22-17-9-8-16(27-3)10-18(17)28-4/h5-10,15H,11-12H2,1-4H3,(H,22,24)/t15-,21+/m0/s1. The number of amides is 1. The molecule has 1 saturated carbocycles. The number of carbonyl (C=O) groups is 1. The Morgan fingerprint density at radius 3 is 2.45 bits per heavy atom. The highest BCUT2D eigenvalue weighted by molar-refractivity contribution is 7.95.